The molecule has 7 nitrogen and oxygen atoms in total. The summed E-state index contributed by atoms with van der Waals surface area (Å²) >= 11 is 0. The van der Waals surface area contributed by atoms with Crippen LogP contribution in [0.2, 0.25) is 0 Å². The lowest BCUT2D eigenvalue weighted by molar-refractivity contribution is -0.116. The number of urea groups is 1. The maximum atomic E-state index is 12.2. The average Bonchev–Trinajstić information content (AvgIpc) is 2.94. The molecule has 3 amide bonds. The number of anilines is 1. The fourth-order valence-corrected chi connectivity index (χ4v) is 6.18. The molecule has 1 aromatic carbocycles. The van der Waals surface area contributed by atoms with Crippen LogP contribution in [0.5, 0.6) is 0 Å². The van der Waals surface area contributed by atoms with E-state index in [0.29, 0.717) is 25.7 Å². The van der Waals surface area contributed by atoms with Crippen molar-refractivity contribution >= 4 is 27.5 Å². The van der Waals surface area contributed by atoms with Gasteiger partial charge in [0, 0.05) is 12.1 Å². The van der Waals surface area contributed by atoms with E-state index in [0.717, 1.165) is 16.8 Å². The van der Waals surface area contributed by atoms with E-state index in [1.54, 1.807) is 0 Å². The lowest BCUT2D eigenvalue weighted by Crippen LogP contribution is -2.39. The van der Waals surface area contributed by atoms with Crippen LogP contribution in [-0.2, 0) is 14.6 Å². The summed E-state index contributed by atoms with van der Waals surface area (Å²) < 4.78 is 24.5. The van der Waals surface area contributed by atoms with Gasteiger partial charge in [-0.15, -0.1) is 0 Å². The largest absolute Gasteiger partial charge is 0.332 e. The second-order valence-electron chi connectivity index (χ2n) is 7.29. The van der Waals surface area contributed by atoms with Gasteiger partial charge in [-0.3, -0.25) is 4.79 Å². The Balaban J connectivity index is 1.46. The fourth-order valence-electron chi connectivity index (χ4n) is 3.91. The van der Waals surface area contributed by atoms with Gasteiger partial charge >= 0.3 is 6.03 Å². The van der Waals surface area contributed by atoms with E-state index in [9.17, 15) is 18.0 Å². The predicted octanol–water partition coefficient (Wildman–Crippen LogP) is 1.65. The summed E-state index contributed by atoms with van der Waals surface area (Å²) in [6.07, 6.45) is 2.05. The highest BCUT2D eigenvalue weighted by Crippen LogP contribution is 2.28. The minimum atomic E-state index is -3.21. The van der Waals surface area contributed by atoms with E-state index in [1.807, 2.05) is 32.0 Å². The van der Waals surface area contributed by atoms with Crippen molar-refractivity contribution in [2.45, 2.75) is 56.9 Å². The number of amides is 3. The van der Waals surface area contributed by atoms with Crippen molar-refractivity contribution in [3.05, 3.63) is 29.3 Å². The highest BCUT2D eigenvalue weighted by atomic mass is 32.2. The highest BCUT2D eigenvalue weighted by Gasteiger charge is 2.51. The van der Waals surface area contributed by atoms with E-state index >= 15 is 0 Å². The van der Waals surface area contributed by atoms with Gasteiger partial charge in [-0.1, -0.05) is 12.5 Å². The van der Waals surface area contributed by atoms with Crippen molar-refractivity contribution in [3.8, 4) is 0 Å². The van der Waals surface area contributed by atoms with Gasteiger partial charge in [0.15, 0.2) is 9.84 Å². The fraction of sp³-hybridized carbons (Fsp3) is 0.556. The molecule has 2 aliphatic heterocycles. The Kier molecular flexibility index (Phi) is 5.22. The SMILES string of the molecule is Cc1cc(C)cc(NC(=O)CCCC[C@@H]2[C@@H]3NC(=O)N[C@H]3CS2(=O)=O)c1. The van der Waals surface area contributed by atoms with Crippen molar-refractivity contribution in [3.63, 3.8) is 0 Å². The summed E-state index contributed by atoms with van der Waals surface area (Å²) in [5.74, 6) is -0.0770. The summed E-state index contributed by atoms with van der Waals surface area (Å²) in [5, 5.41) is 7.68. The zero-order chi connectivity index (χ0) is 18.9. The first-order valence-electron chi connectivity index (χ1n) is 8.91. The van der Waals surface area contributed by atoms with Crippen LogP contribution < -0.4 is 16.0 Å². The van der Waals surface area contributed by atoms with E-state index in [2.05, 4.69) is 16.0 Å². The number of carbonyl (C=O) groups excluding carboxylic acids is 2. The zero-order valence-corrected chi connectivity index (χ0v) is 15.9. The highest BCUT2D eigenvalue weighted by molar-refractivity contribution is 7.92. The Morgan fingerprint density at radius 2 is 1.85 bits per heavy atom. The lowest BCUT2D eigenvalue weighted by Gasteiger charge is -2.16. The standard InChI is InChI=1S/C18H25N3O4S/c1-11-7-12(2)9-13(8-11)19-16(22)6-4-3-5-15-17-14(10-26(15,24)25)20-18(23)21-17/h7-9,14-15,17H,3-6,10H2,1-2H3,(H,19,22)(H2,20,21,23)/t14-,15+,17+/m0/s1. The molecule has 3 N–H and O–H groups in total. The van der Waals surface area contributed by atoms with Crippen LogP contribution in [0.1, 0.15) is 36.8 Å². The number of unbranched alkanes of at least 4 members (excludes halogenated alkanes) is 1. The normalized spacial score (nSPS) is 26.1. The molecule has 2 fully saturated rings. The van der Waals surface area contributed by atoms with E-state index in [1.165, 1.54) is 0 Å². The molecule has 0 spiro atoms. The van der Waals surface area contributed by atoms with Crippen LogP contribution in [-0.4, -0.2) is 43.4 Å². The van der Waals surface area contributed by atoms with Gasteiger partial charge in [-0.25, -0.2) is 13.2 Å². The van der Waals surface area contributed by atoms with Crippen LogP contribution in [0.3, 0.4) is 0 Å². The van der Waals surface area contributed by atoms with Crippen LogP contribution in [0.25, 0.3) is 0 Å². The molecular weight excluding hydrogens is 354 g/mol. The van der Waals surface area contributed by atoms with Crippen LogP contribution in [0.15, 0.2) is 18.2 Å². The van der Waals surface area contributed by atoms with Gasteiger partial charge in [0.1, 0.15) is 0 Å². The van der Waals surface area contributed by atoms with Crippen molar-refractivity contribution in [1.29, 1.82) is 0 Å². The van der Waals surface area contributed by atoms with Gasteiger partial charge in [0.05, 0.1) is 23.1 Å². The van der Waals surface area contributed by atoms with Gasteiger partial charge in [0.25, 0.3) is 0 Å². The van der Waals surface area contributed by atoms with Gasteiger partial charge in [-0.05, 0) is 49.9 Å². The molecule has 3 rings (SSSR count). The maximum absolute atomic E-state index is 12.2. The van der Waals surface area contributed by atoms with Gasteiger partial charge < -0.3 is 16.0 Å². The lowest BCUT2D eigenvalue weighted by atomic mass is 10.0. The molecule has 142 valence electrons. The molecule has 0 bridgehead atoms. The van der Waals surface area contributed by atoms with Gasteiger partial charge in [-0.2, -0.15) is 0 Å². The molecule has 3 atom stereocenters. The molecule has 0 aromatic heterocycles. The first-order valence-corrected chi connectivity index (χ1v) is 10.6. The monoisotopic (exact) mass is 379 g/mol. The third-order valence-electron chi connectivity index (χ3n) is 4.97. The number of carbonyl (C=O) groups is 2. The number of fused-ring (bicyclic) bond motifs is 1. The summed E-state index contributed by atoms with van der Waals surface area (Å²) in [6.45, 7) is 3.96. The quantitative estimate of drug-likeness (QED) is 0.516. The molecule has 8 heteroatoms. The summed E-state index contributed by atoms with van der Waals surface area (Å²) in [7, 11) is -3.21. The number of nitrogens with one attached hydrogen (secondary N) is 3. The number of aryl methyl sites for hydroxylation is 2. The van der Waals surface area contributed by atoms with Crippen molar-refractivity contribution in [2.24, 2.45) is 0 Å². The predicted molar refractivity (Wildman–Crippen MR) is 99.8 cm³/mol. The molecular formula is C18H25N3O4S. The summed E-state index contributed by atoms with van der Waals surface area (Å²) in [5.41, 5.74) is 2.97. The molecule has 2 aliphatic rings. The molecule has 1 aromatic rings. The second-order valence-corrected chi connectivity index (χ2v) is 9.55. The number of hydrogen-bond acceptors (Lipinski definition) is 4. The third-order valence-corrected chi connectivity index (χ3v) is 7.24. The van der Waals surface area contributed by atoms with Crippen LogP contribution in [0.4, 0.5) is 10.5 Å². The number of benzene rings is 1. The second kappa shape index (κ2) is 7.26. The smallest absolute Gasteiger partial charge is 0.315 e. The Bertz CT molecular complexity index is 801. The maximum Gasteiger partial charge on any atom is 0.315 e. The van der Waals surface area contributed by atoms with Crippen molar-refractivity contribution in [1.82, 2.24) is 10.6 Å². The van der Waals surface area contributed by atoms with E-state index < -0.39 is 15.1 Å². The molecule has 2 heterocycles. The Hall–Kier alpha value is -2.09. The summed E-state index contributed by atoms with van der Waals surface area (Å²) in [6, 6.07) is 4.91. The third kappa shape index (κ3) is 4.17. The minimum absolute atomic E-state index is 0.00569. The Morgan fingerprint density at radius 1 is 1.15 bits per heavy atom. The molecule has 0 saturated carbocycles. The minimum Gasteiger partial charge on any atom is -0.332 e. The first-order chi connectivity index (χ1) is 12.2. The zero-order valence-electron chi connectivity index (χ0n) is 15.0. The van der Waals surface area contributed by atoms with Gasteiger partial charge in [0.2, 0.25) is 5.91 Å². The first kappa shape index (κ1) is 18.7. The topological polar surface area (TPSA) is 104 Å². The molecule has 0 aliphatic carbocycles. The average molecular weight is 379 g/mol. The van der Waals surface area contributed by atoms with Crippen molar-refractivity contribution in [2.75, 3.05) is 11.1 Å². The molecule has 2 saturated heterocycles. The van der Waals surface area contributed by atoms with E-state index in [4.69, 9.17) is 0 Å². The molecule has 0 unspecified atom stereocenters. The van der Waals surface area contributed by atoms with Crippen molar-refractivity contribution < 1.29 is 18.0 Å². The summed E-state index contributed by atoms with van der Waals surface area (Å²) in [4.78, 5) is 23.5. The van der Waals surface area contributed by atoms with E-state index in [-0.39, 0.29) is 29.8 Å². The number of hydrogen-bond donors (Lipinski definition) is 3. The molecule has 26 heavy (non-hydrogen) atoms. The number of rotatable bonds is 6. The Morgan fingerprint density at radius 3 is 2.54 bits per heavy atom. The van der Waals surface area contributed by atoms with Crippen LogP contribution in [0, 0.1) is 13.8 Å². The molecule has 0 radical (unpaired) electrons. The number of sulfone groups is 1. The van der Waals surface area contributed by atoms with Crippen LogP contribution >= 0.6 is 0 Å². The Labute approximate surface area is 153 Å².